The molecule has 1 aromatic heterocycles. The molecule has 0 saturated heterocycles. The summed E-state index contributed by atoms with van der Waals surface area (Å²) in [5.74, 6) is -0.312. The third-order valence-electron chi connectivity index (χ3n) is 4.10. The fourth-order valence-electron chi connectivity index (χ4n) is 2.74. The summed E-state index contributed by atoms with van der Waals surface area (Å²) in [6, 6.07) is 8.14. The maximum Gasteiger partial charge on any atom is 0.251 e. The Morgan fingerprint density at radius 3 is 3.00 bits per heavy atom. The number of hydrogen-bond acceptors (Lipinski definition) is 5. The Bertz CT molecular complexity index is 861. The van der Waals surface area contributed by atoms with Crippen LogP contribution in [-0.2, 0) is 27.7 Å². The average molecular weight is 380 g/mol. The second-order valence-electron chi connectivity index (χ2n) is 5.73. The van der Waals surface area contributed by atoms with Crippen LogP contribution in [0.25, 0.3) is 0 Å². The van der Waals surface area contributed by atoms with Crippen molar-refractivity contribution in [2.45, 2.75) is 17.9 Å². The molecule has 0 bridgehead atoms. The molecule has 1 aliphatic rings. The highest BCUT2D eigenvalue weighted by atomic mass is 32.2. The van der Waals surface area contributed by atoms with Gasteiger partial charge in [-0.2, -0.15) is 4.31 Å². The molecule has 6 nitrogen and oxygen atoms in total. The summed E-state index contributed by atoms with van der Waals surface area (Å²) >= 11 is 1.66. The number of carbonyl (C=O) groups excluding carboxylic acids is 1. The van der Waals surface area contributed by atoms with Crippen molar-refractivity contribution in [2.24, 2.45) is 0 Å². The van der Waals surface area contributed by atoms with Gasteiger partial charge in [-0.15, -0.1) is 11.3 Å². The largest absolute Gasteiger partial charge is 0.383 e. The smallest absolute Gasteiger partial charge is 0.251 e. The number of nitrogens with zero attached hydrogens (tertiary/aromatic N) is 1. The quantitative estimate of drug-likeness (QED) is 0.777. The highest BCUT2D eigenvalue weighted by Crippen LogP contribution is 2.28. The summed E-state index contributed by atoms with van der Waals surface area (Å²) in [6.45, 7) is 1.62. The van der Waals surface area contributed by atoms with E-state index in [0.29, 0.717) is 31.8 Å². The van der Waals surface area contributed by atoms with Gasteiger partial charge in [0, 0.05) is 37.2 Å². The number of hydrogen-bond donors (Lipinski definition) is 1. The second kappa shape index (κ2) is 7.65. The van der Waals surface area contributed by atoms with Gasteiger partial charge in [0.15, 0.2) is 0 Å². The maximum atomic E-state index is 12.9. The molecule has 0 saturated carbocycles. The molecule has 3 rings (SSSR count). The van der Waals surface area contributed by atoms with Gasteiger partial charge in [-0.05, 0) is 41.6 Å². The molecule has 0 radical (unpaired) electrons. The van der Waals surface area contributed by atoms with Gasteiger partial charge in [0.05, 0.1) is 11.5 Å². The minimum absolute atomic E-state index is 0.144. The average Bonchev–Trinajstić information content (AvgIpc) is 3.09. The maximum absolute atomic E-state index is 12.9. The van der Waals surface area contributed by atoms with Gasteiger partial charge in [-0.1, -0.05) is 6.07 Å². The first-order valence-corrected chi connectivity index (χ1v) is 10.3. The molecule has 0 fully saturated rings. The Labute approximate surface area is 151 Å². The highest BCUT2D eigenvalue weighted by Gasteiger charge is 2.29. The van der Waals surface area contributed by atoms with E-state index in [0.717, 1.165) is 12.0 Å². The molecule has 134 valence electrons. The van der Waals surface area contributed by atoms with E-state index in [9.17, 15) is 13.2 Å². The molecule has 25 heavy (non-hydrogen) atoms. The molecule has 0 unspecified atom stereocenters. The molecule has 0 spiro atoms. The third-order valence-corrected chi connectivity index (χ3v) is 6.96. The summed E-state index contributed by atoms with van der Waals surface area (Å²) in [6.07, 6.45) is 0.726. The van der Waals surface area contributed by atoms with Crippen molar-refractivity contribution < 1.29 is 17.9 Å². The van der Waals surface area contributed by atoms with Gasteiger partial charge in [0.2, 0.25) is 10.0 Å². The zero-order chi connectivity index (χ0) is 17.9. The Balaban J connectivity index is 1.79. The van der Waals surface area contributed by atoms with Crippen molar-refractivity contribution in [1.29, 1.82) is 0 Å². The molecule has 1 amide bonds. The number of thiophene rings is 1. The van der Waals surface area contributed by atoms with Crippen LogP contribution in [0.4, 0.5) is 0 Å². The highest BCUT2D eigenvalue weighted by molar-refractivity contribution is 7.89. The topological polar surface area (TPSA) is 75.7 Å². The lowest BCUT2D eigenvalue weighted by molar-refractivity contribution is 0.0937. The van der Waals surface area contributed by atoms with E-state index in [1.54, 1.807) is 30.6 Å². The standard InChI is InChI=1S/C17H20N2O4S2/c1-23-9-7-18-17(20)13-3-2-4-15(11-13)25(21,22)19-8-5-16-14(12-19)6-10-24-16/h2-4,6,10-11H,5,7-9,12H2,1H3,(H,18,20). The van der Waals surface area contributed by atoms with Crippen LogP contribution in [0.2, 0.25) is 0 Å². The van der Waals surface area contributed by atoms with E-state index >= 15 is 0 Å². The number of fused-ring (bicyclic) bond motifs is 1. The Morgan fingerprint density at radius 2 is 2.20 bits per heavy atom. The first-order valence-electron chi connectivity index (χ1n) is 7.95. The summed E-state index contributed by atoms with van der Waals surface area (Å²) in [7, 11) is -2.08. The number of nitrogens with one attached hydrogen (secondary N) is 1. The molecular formula is C17H20N2O4S2. The van der Waals surface area contributed by atoms with E-state index in [1.165, 1.54) is 21.3 Å². The summed E-state index contributed by atoms with van der Waals surface area (Å²) in [5.41, 5.74) is 1.39. The van der Waals surface area contributed by atoms with E-state index in [2.05, 4.69) is 5.32 Å². The predicted octanol–water partition coefficient (Wildman–Crippen LogP) is 1.87. The number of methoxy groups -OCH3 is 1. The van der Waals surface area contributed by atoms with Crippen LogP contribution in [-0.4, -0.2) is 45.4 Å². The lowest BCUT2D eigenvalue weighted by Gasteiger charge is -2.26. The first-order chi connectivity index (χ1) is 12.0. The van der Waals surface area contributed by atoms with Crippen molar-refractivity contribution in [1.82, 2.24) is 9.62 Å². The minimum atomic E-state index is -3.63. The monoisotopic (exact) mass is 380 g/mol. The van der Waals surface area contributed by atoms with Crippen LogP contribution in [0, 0.1) is 0 Å². The van der Waals surface area contributed by atoms with Gasteiger partial charge in [0.25, 0.3) is 5.91 Å². The molecule has 0 atom stereocenters. The van der Waals surface area contributed by atoms with Crippen molar-refractivity contribution in [2.75, 3.05) is 26.8 Å². The van der Waals surface area contributed by atoms with Crippen molar-refractivity contribution in [3.63, 3.8) is 0 Å². The van der Waals surface area contributed by atoms with Crippen molar-refractivity contribution in [3.8, 4) is 0 Å². The second-order valence-corrected chi connectivity index (χ2v) is 8.67. The van der Waals surface area contributed by atoms with Crippen LogP contribution >= 0.6 is 11.3 Å². The molecule has 1 N–H and O–H groups in total. The zero-order valence-corrected chi connectivity index (χ0v) is 15.5. The van der Waals surface area contributed by atoms with E-state index in [-0.39, 0.29) is 10.8 Å². The third kappa shape index (κ3) is 3.92. The fourth-order valence-corrected chi connectivity index (χ4v) is 5.10. The number of amides is 1. The van der Waals surface area contributed by atoms with E-state index in [1.807, 2.05) is 11.4 Å². The first kappa shape index (κ1) is 18.1. The fraction of sp³-hybridized carbons (Fsp3) is 0.353. The van der Waals surface area contributed by atoms with Crippen LogP contribution in [0.3, 0.4) is 0 Å². The summed E-state index contributed by atoms with van der Waals surface area (Å²) in [5, 5.41) is 4.69. The Morgan fingerprint density at radius 1 is 1.36 bits per heavy atom. The molecular weight excluding hydrogens is 360 g/mol. The van der Waals surface area contributed by atoms with Crippen molar-refractivity contribution >= 4 is 27.3 Å². The van der Waals surface area contributed by atoms with Crippen LogP contribution in [0.5, 0.6) is 0 Å². The molecule has 2 aromatic rings. The van der Waals surface area contributed by atoms with Gasteiger partial charge < -0.3 is 10.1 Å². The van der Waals surface area contributed by atoms with E-state index < -0.39 is 10.0 Å². The lowest BCUT2D eigenvalue weighted by Crippen LogP contribution is -2.35. The summed E-state index contributed by atoms with van der Waals surface area (Å²) < 4.78 is 32.2. The molecule has 2 heterocycles. The van der Waals surface area contributed by atoms with Gasteiger partial charge in [0.1, 0.15) is 0 Å². The summed E-state index contributed by atoms with van der Waals surface area (Å²) in [4.78, 5) is 13.5. The number of carbonyl (C=O) groups is 1. The SMILES string of the molecule is COCCNC(=O)c1cccc(S(=O)(=O)N2CCc3sccc3C2)c1. The number of rotatable bonds is 6. The minimum Gasteiger partial charge on any atom is -0.383 e. The predicted molar refractivity (Wildman–Crippen MR) is 96.3 cm³/mol. The van der Waals surface area contributed by atoms with Crippen LogP contribution in [0.15, 0.2) is 40.6 Å². The molecule has 0 aliphatic carbocycles. The van der Waals surface area contributed by atoms with Gasteiger partial charge >= 0.3 is 0 Å². The van der Waals surface area contributed by atoms with E-state index in [4.69, 9.17) is 4.74 Å². The number of benzene rings is 1. The normalized spacial score (nSPS) is 14.9. The number of sulfonamides is 1. The molecule has 8 heteroatoms. The van der Waals surface area contributed by atoms with Gasteiger partial charge in [-0.3, -0.25) is 4.79 Å². The van der Waals surface area contributed by atoms with Crippen LogP contribution < -0.4 is 5.32 Å². The lowest BCUT2D eigenvalue weighted by atomic mass is 10.1. The molecule has 1 aromatic carbocycles. The molecule has 1 aliphatic heterocycles. The van der Waals surface area contributed by atoms with Crippen LogP contribution in [0.1, 0.15) is 20.8 Å². The number of ether oxygens (including phenoxy) is 1. The Hall–Kier alpha value is -1.74. The van der Waals surface area contributed by atoms with Crippen molar-refractivity contribution in [3.05, 3.63) is 51.7 Å². The Kier molecular flexibility index (Phi) is 5.53. The zero-order valence-electron chi connectivity index (χ0n) is 13.9. The van der Waals surface area contributed by atoms with Gasteiger partial charge in [-0.25, -0.2) is 8.42 Å².